The average molecular weight is 226 g/mol. The SMILES string of the molecule is Cc1nc(C)c(COC[C@@H]2CCNC2)s1. The third-order valence-electron chi connectivity index (χ3n) is 2.75. The minimum atomic E-state index is 0.708. The lowest BCUT2D eigenvalue weighted by atomic mass is 10.1. The number of aromatic nitrogens is 1. The van der Waals surface area contributed by atoms with Crippen molar-refractivity contribution in [3.8, 4) is 0 Å². The smallest absolute Gasteiger partial charge is 0.0900 e. The van der Waals surface area contributed by atoms with Crippen molar-refractivity contribution in [2.75, 3.05) is 19.7 Å². The summed E-state index contributed by atoms with van der Waals surface area (Å²) in [6.07, 6.45) is 1.25. The van der Waals surface area contributed by atoms with E-state index in [9.17, 15) is 0 Å². The van der Waals surface area contributed by atoms with Crippen LogP contribution < -0.4 is 5.32 Å². The molecular weight excluding hydrogens is 208 g/mol. The number of aryl methyl sites for hydroxylation is 2. The van der Waals surface area contributed by atoms with Crippen LogP contribution in [0.15, 0.2) is 0 Å². The van der Waals surface area contributed by atoms with E-state index < -0.39 is 0 Å². The summed E-state index contributed by atoms with van der Waals surface area (Å²) in [5, 5.41) is 4.48. The van der Waals surface area contributed by atoms with Gasteiger partial charge in [0.2, 0.25) is 0 Å². The molecule has 0 bridgehead atoms. The number of hydrogen-bond acceptors (Lipinski definition) is 4. The third kappa shape index (κ3) is 3.00. The van der Waals surface area contributed by atoms with Crippen molar-refractivity contribution < 1.29 is 4.74 Å². The zero-order valence-corrected chi connectivity index (χ0v) is 10.2. The Balaban J connectivity index is 1.75. The van der Waals surface area contributed by atoms with Crippen molar-refractivity contribution in [1.29, 1.82) is 0 Å². The first-order valence-corrected chi connectivity index (χ1v) is 6.28. The standard InChI is InChI=1S/C11H18N2OS/c1-8-11(15-9(2)13-8)7-14-6-10-3-4-12-5-10/h10,12H,3-7H2,1-2H3/t10-/m1/s1. The quantitative estimate of drug-likeness (QED) is 0.851. The van der Waals surface area contributed by atoms with E-state index in [0.717, 1.165) is 37.0 Å². The summed E-state index contributed by atoms with van der Waals surface area (Å²) in [6, 6.07) is 0. The van der Waals surface area contributed by atoms with Gasteiger partial charge in [-0.05, 0) is 32.7 Å². The third-order valence-corrected chi connectivity index (χ3v) is 3.80. The normalized spacial score (nSPS) is 21.1. The van der Waals surface area contributed by atoms with Crippen molar-refractivity contribution in [2.45, 2.75) is 26.9 Å². The molecule has 0 amide bonds. The summed E-state index contributed by atoms with van der Waals surface area (Å²) in [5.41, 5.74) is 1.13. The molecule has 0 radical (unpaired) electrons. The Bertz CT molecular complexity index is 318. The van der Waals surface area contributed by atoms with E-state index in [1.54, 1.807) is 11.3 Å². The van der Waals surface area contributed by atoms with Crippen LogP contribution in [0, 0.1) is 19.8 Å². The fraction of sp³-hybridized carbons (Fsp3) is 0.727. The molecule has 1 aliphatic heterocycles. The maximum Gasteiger partial charge on any atom is 0.0900 e. The van der Waals surface area contributed by atoms with Gasteiger partial charge in [-0.2, -0.15) is 0 Å². The monoisotopic (exact) mass is 226 g/mol. The molecule has 0 unspecified atom stereocenters. The topological polar surface area (TPSA) is 34.1 Å². The summed E-state index contributed by atoms with van der Waals surface area (Å²) in [7, 11) is 0. The fourth-order valence-corrected chi connectivity index (χ4v) is 2.76. The average Bonchev–Trinajstić information content (AvgIpc) is 2.77. The number of nitrogens with one attached hydrogen (secondary N) is 1. The van der Waals surface area contributed by atoms with Crippen LogP contribution >= 0.6 is 11.3 Å². The lowest BCUT2D eigenvalue weighted by Gasteiger charge is -2.08. The van der Waals surface area contributed by atoms with Crippen molar-refractivity contribution >= 4 is 11.3 Å². The van der Waals surface area contributed by atoms with Gasteiger partial charge in [-0.1, -0.05) is 0 Å². The van der Waals surface area contributed by atoms with E-state index in [4.69, 9.17) is 4.74 Å². The summed E-state index contributed by atoms with van der Waals surface area (Å²) >= 11 is 1.75. The molecule has 1 saturated heterocycles. The first kappa shape index (κ1) is 11.0. The van der Waals surface area contributed by atoms with Crippen molar-refractivity contribution in [3.05, 3.63) is 15.6 Å². The molecule has 0 saturated carbocycles. The molecule has 15 heavy (non-hydrogen) atoms. The zero-order chi connectivity index (χ0) is 10.7. The van der Waals surface area contributed by atoms with Gasteiger partial charge in [0.25, 0.3) is 0 Å². The molecule has 0 spiro atoms. The number of hydrogen-bond donors (Lipinski definition) is 1. The van der Waals surface area contributed by atoms with Crippen LogP contribution in [0.4, 0.5) is 0 Å². The maximum atomic E-state index is 5.73. The van der Waals surface area contributed by atoms with Gasteiger partial charge in [-0.3, -0.25) is 0 Å². The lowest BCUT2D eigenvalue weighted by molar-refractivity contribution is 0.0938. The van der Waals surface area contributed by atoms with Crippen LogP contribution in [-0.4, -0.2) is 24.7 Å². The highest BCUT2D eigenvalue weighted by atomic mass is 32.1. The minimum Gasteiger partial charge on any atom is -0.376 e. The van der Waals surface area contributed by atoms with Gasteiger partial charge in [0.05, 0.1) is 28.8 Å². The largest absolute Gasteiger partial charge is 0.376 e. The Labute approximate surface area is 94.9 Å². The summed E-state index contributed by atoms with van der Waals surface area (Å²) in [4.78, 5) is 5.66. The van der Waals surface area contributed by atoms with Crippen LogP contribution in [0.25, 0.3) is 0 Å². The summed E-state index contributed by atoms with van der Waals surface area (Å²) < 4.78 is 5.73. The molecule has 2 rings (SSSR count). The molecular formula is C11H18N2OS. The Morgan fingerprint density at radius 1 is 1.53 bits per heavy atom. The van der Waals surface area contributed by atoms with Crippen molar-refractivity contribution in [2.24, 2.45) is 5.92 Å². The second-order valence-corrected chi connectivity index (χ2v) is 5.40. The Kier molecular flexibility index (Phi) is 3.72. The molecule has 1 fully saturated rings. The highest BCUT2D eigenvalue weighted by molar-refractivity contribution is 7.11. The van der Waals surface area contributed by atoms with Gasteiger partial charge in [-0.15, -0.1) is 11.3 Å². The van der Waals surface area contributed by atoms with Gasteiger partial charge in [0, 0.05) is 6.54 Å². The second-order valence-electron chi connectivity index (χ2n) is 4.12. The van der Waals surface area contributed by atoms with Crippen LogP contribution in [-0.2, 0) is 11.3 Å². The molecule has 84 valence electrons. The lowest BCUT2D eigenvalue weighted by Crippen LogP contribution is -2.13. The maximum absolute atomic E-state index is 5.73. The molecule has 0 aliphatic carbocycles. The first-order chi connectivity index (χ1) is 7.25. The minimum absolute atomic E-state index is 0.708. The summed E-state index contributed by atoms with van der Waals surface area (Å²) in [5.74, 6) is 0.708. The van der Waals surface area contributed by atoms with Gasteiger partial charge in [-0.25, -0.2) is 4.98 Å². The van der Waals surface area contributed by atoms with Gasteiger partial charge in [0.1, 0.15) is 0 Å². The number of ether oxygens (including phenoxy) is 1. The molecule has 4 heteroatoms. The molecule has 2 heterocycles. The molecule has 0 aromatic carbocycles. The van der Waals surface area contributed by atoms with Crippen molar-refractivity contribution in [3.63, 3.8) is 0 Å². The van der Waals surface area contributed by atoms with Crippen LogP contribution in [0.2, 0.25) is 0 Å². The van der Waals surface area contributed by atoms with E-state index in [2.05, 4.69) is 17.2 Å². The van der Waals surface area contributed by atoms with Crippen LogP contribution in [0.5, 0.6) is 0 Å². The fourth-order valence-electron chi connectivity index (χ4n) is 1.88. The zero-order valence-electron chi connectivity index (χ0n) is 9.38. The van der Waals surface area contributed by atoms with Gasteiger partial charge < -0.3 is 10.1 Å². The van der Waals surface area contributed by atoms with E-state index in [0.29, 0.717) is 5.92 Å². The van der Waals surface area contributed by atoms with E-state index in [1.165, 1.54) is 11.3 Å². The van der Waals surface area contributed by atoms with E-state index in [-0.39, 0.29) is 0 Å². The number of nitrogens with zero attached hydrogens (tertiary/aromatic N) is 1. The molecule has 1 N–H and O–H groups in total. The second kappa shape index (κ2) is 5.05. The van der Waals surface area contributed by atoms with Crippen LogP contribution in [0.3, 0.4) is 0 Å². The highest BCUT2D eigenvalue weighted by Gasteiger charge is 2.14. The predicted molar refractivity (Wildman–Crippen MR) is 62.2 cm³/mol. The van der Waals surface area contributed by atoms with Gasteiger partial charge in [0.15, 0.2) is 0 Å². The molecule has 3 nitrogen and oxygen atoms in total. The van der Waals surface area contributed by atoms with E-state index in [1.807, 2.05) is 6.92 Å². The Morgan fingerprint density at radius 2 is 2.40 bits per heavy atom. The van der Waals surface area contributed by atoms with E-state index >= 15 is 0 Å². The molecule has 1 atom stereocenters. The summed E-state index contributed by atoms with van der Waals surface area (Å²) in [6.45, 7) is 7.96. The highest BCUT2D eigenvalue weighted by Crippen LogP contribution is 2.18. The van der Waals surface area contributed by atoms with Gasteiger partial charge >= 0.3 is 0 Å². The van der Waals surface area contributed by atoms with Crippen molar-refractivity contribution in [1.82, 2.24) is 10.3 Å². The number of thiazole rings is 1. The first-order valence-electron chi connectivity index (χ1n) is 5.47. The Morgan fingerprint density at radius 3 is 3.00 bits per heavy atom. The molecule has 1 aromatic rings. The molecule has 1 aromatic heterocycles. The number of rotatable bonds is 4. The molecule has 1 aliphatic rings. The predicted octanol–water partition coefficient (Wildman–Crippen LogP) is 1.89. The Hall–Kier alpha value is -0.450. The van der Waals surface area contributed by atoms with Crippen LogP contribution in [0.1, 0.15) is 22.0 Å².